The Balaban J connectivity index is 1.86. The van der Waals surface area contributed by atoms with E-state index in [1.807, 2.05) is 12.1 Å². The number of benzene rings is 2. The Labute approximate surface area is 143 Å². The van der Waals surface area contributed by atoms with Crippen LogP contribution in [0, 0.1) is 12.7 Å². The van der Waals surface area contributed by atoms with Crippen LogP contribution in [0.1, 0.15) is 11.1 Å². The average Bonchev–Trinajstić information content (AvgIpc) is 2.58. The quantitative estimate of drug-likeness (QED) is 0.780. The maximum atomic E-state index is 13.7. The molecule has 24 heavy (non-hydrogen) atoms. The van der Waals surface area contributed by atoms with E-state index in [2.05, 4.69) is 10.3 Å². The second kappa shape index (κ2) is 6.84. The van der Waals surface area contributed by atoms with E-state index in [0.29, 0.717) is 22.8 Å². The molecule has 0 saturated carbocycles. The van der Waals surface area contributed by atoms with Gasteiger partial charge in [0.05, 0.1) is 5.69 Å². The van der Waals surface area contributed by atoms with Gasteiger partial charge >= 0.3 is 0 Å². The summed E-state index contributed by atoms with van der Waals surface area (Å²) in [4.78, 5) is 16.6. The molecule has 0 atom stereocenters. The van der Waals surface area contributed by atoms with E-state index in [1.165, 1.54) is 23.0 Å². The van der Waals surface area contributed by atoms with Gasteiger partial charge in [0.25, 0.3) is 5.56 Å². The molecule has 6 heteroatoms. The van der Waals surface area contributed by atoms with E-state index in [1.54, 1.807) is 31.2 Å². The topological polar surface area (TPSA) is 46.9 Å². The number of anilines is 1. The Kier molecular flexibility index (Phi) is 4.62. The van der Waals surface area contributed by atoms with Gasteiger partial charge in [0, 0.05) is 24.0 Å². The highest BCUT2D eigenvalue weighted by atomic mass is 35.5. The van der Waals surface area contributed by atoms with E-state index >= 15 is 0 Å². The number of hydrogen-bond acceptors (Lipinski definition) is 3. The molecular formula is C18H15ClFN3O. The van der Waals surface area contributed by atoms with E-state index in [9.17, 15) is 9.18 Å². The van der Waals surface area contributed by atoms with Gasteiger partial charge in [0.15, 0.2) is 5.82 Å². The van der Waals surface area contributed by atoms with Gasteiger partial charge < -0.3 is 5.32 Å². The third-order valence-corrected chi connectivity index (χ3v) is 3.90. The third kappa shape index (κ3) is 3.46. The molecule has 3 aromatic rings. The number of aromatic nitrogens is 2. The summed E-state index contributed by atoms with van der Waals surface area (Å²) < 4.78 is 15.1. The molecule has 0 spiro atoms. The summed E-state index contributed by atoms with van der Waals surface area (Å²) in [6.45, 7) is 2.11. The molecule has 3 rings (SSSR count). The molecular weight excluding hydrogens is 329 g/mol. The lowest BCUT2D eigenvalue weighted by Crippen LogP contribution is -2.23. The first-order chi connectivity index (χ1) is 11.5. The van der Waals surface area contributed by atoms with Crippen LogP contribution in [0.4, 0.5) is 10.2 Å². The molecule has 2 aromatic carbocycles. The molecule has 0 aliphatic carbocycles. The molecule has 1 aromatic heterocycles. The van der Waals surface area contributed by atoms with Crippen molar-refractivity contribution in [2.45, 2.75) is 13.5 Å². The van der Waals surface area contributed by atoms with Gasteiger partial charge in [0.1, 0.15) is 5.82 Å². The summed E-state index contributed by atoms with van der Waals surface area (Å²) in [5.41, 5.74) is 1.62. The second-order valence-corrected chi connectivity index (χ2v) is 5.80. The van der Waals surface area contributed by atoms with Crippen molar-refractivity contribution in [2.75, 3.05) is 5.32 Å². The summed E-state index contributed by atoms with van der Waals surface area (Å²) in [5, 5.41) is 3.66. The zero-order valence-corrected chi connectivity index (χ0v) is 13.7. The molecule has 0 amide bonds. The molecule has 122 valence electrons. The van der Waals surface area contributed by atoms with Gasteiger partial charge in [-0.15, -0.1) is 0 Å². The monoisotopic (exact) mass is 343 g/mol. The Morgan fingerprint density at radius 3 is 2.67 bits per heavy atom. The largest absolute Gasteiger partial charge is 0.361 e. The summed E-state index contributed by atoms with van der Waals surface area (Å²) in [6.07, 6.45) is 3.02. The lowest BCUT2D eigenvalue weighted by Gasteiger charge is -2.10. The minimum absolute atomic E-state index is 0.202. The van der Waals surface area contributed by atoms with Crippen molar-refractivity contribution in [3.05, 3.63) is 87.2 Å². The van der Waals surface area contributed by atoms with E-state index < -0.39 is 0 Å². The van der Waals surface area contributed by atoms with Crippen LogP contribution in [-0.4, -0.2) is 9.55 Å². The Morgan fingerprint density at radius 1 is 1.21 bits per heavy atom. The smallest absolute Gasteiger partial charge is 0.297 e. The van der Waals surface area contributed by atoms with Crippen molar-refractivity contribution in [3.63, 3.8) is 0 Å². The van der Waals surface area contributed by atoms with E-state index in [0.717, 1.165) is 5.56 Å². The first-order valence-corrected chi connectivity index (χ1v) is 7.75. The first-order valence-electron chi connectivity index (χ1n) is 7.37. The van der Waals surface area contributed by atoms with Crippen molar-refractivity contribution in [3.8, 4) is 5.69 Å². The molecule has 4 nitrogen and oxygen atoms in total. The summed E-state index contributed by atoms with van der Waals surface area (Å²) in [7, 11) is 0. The van der Waals surface area contributed by atoms with Crippen LogP contribution in [0.5, 0.6) is 0 Å². The van der Waals surface area contributed by atoms with Crippen LogP contribution in [0.25, 0.3) is 5.69 Å². The van der Waals surface area contributed by atoms with Crippen molar-refractivity contribution in [2.24, 2.45) is 0 Å². The molecule has 0 bridgehead atoms. The van der Waals surface area contributed by atoms with Crippen LogP contribution in [0.15, 0.2) is 59.7 Å². The van der Waals surface area contributed by atoms with E-state index in [-0.39, 0.29) is 17.2 Å². The lowest BCUT2D eigenvalue weighted by molar-refractivity contribution is 0.617. The summed E-state index contributed by atoms with van der Waals surface area (Å²) in [5.74, 6) is -0.152. The first kappa shape index (κ1) is 16.2. The van der Waals surface area contributed by atoms with Crippen LogP contribution < -0.4 is 10.9 Å². The molecule has 0 saturated heterocycles. The Bertz CT molecular complexity index is 922. The fraction of sp³-hybridized carbons (Fsp3) is 0.111. The second-order valence-electron chi connectivity index (χ2n) is 5.36. The van der Waals surface area contributed by atoms with Crippen molar-refractivity contribution >= 4 is 17.4 Å². The van der Waals surface area contributed by atoms with Crippen molar-refractivity contribution in [1.29, 1.82) is 0 Å². The van der Waals surface area contributed by atoms with Crippen LogP contribution in [0.2, 0.25) is 5.02 Å². The molecule has 1 N–H and O–H groups in total. The standard InChI is InChI=1S/C18H15ClFN3O/c1-12-2-7-15(10-16(12)20)23-9-8-21-17(18(23)24)22-11-13-3-5-14(19)6-4-13/h2-10H,11H2,1H3,(H,21,22). The van der Waals surface area contributed by atoms with Gasteiger partial charge in [0.2, 0.25) is 0 Å². The maximum Gasteiger partial charge on any atom is 0.297 e. The summed E-state index contributed by atoms with van der Waals surface area (Å²) >= 11 is 5.85. The van der Waals surface area contributed by atoms with Crippen LogP contribution in [-0.2, 0) is 6.54 Å². The van der Waals surface area contributed by atoms with Crippen LogP contribution in [0.3, 0.4) is 0 Å². The van der Waals surface area contributed by atoms with Crippen molar-refractivity contribution < 1.29 is 4.39 Å². The predicted molar refractivity (Wildman–Crippen MR) is 93.3 cm³/mol. The minimum atomic E-state index is -0.355. The minimum Gasteiger partial charge on any atom is -0.361 e. The Morgan fingerprint density at radius 2 is 1.96 bits per heavy atom. The molecule has 0 radical (unpaired) electrons. The fourth-order valence-corrected chi connectivity index (χ4v) is 2.38. The number of rotatable bonds is 4. The molecule has 0 aliphatic rings. The predicted octanol–water partition coefficient (Wildman–Crippen LogP) is 3.95. The highest BCUT2D eigenvalue weighted by Crippen LogP contribution is 2.13. The fourth-order valence-electron chi connectivity index (χ4n) is 2.26. The van der Waals surface area contributed by atoms with Crippen molar-refractivity contribution in [1.82, 2.24) is 9.55 Å². The third-order valence-electron chi connectivity index (χ3n) is 3.65. The molecule has 0 fully saturated rings. The number of aryl methyl sites for hydroxylation is 1. The molecule has 0 unspecified atom stereocenters. The van der Waals surface area contributed by atoms with Gasteiger partial charge in [-0.05, 0) is 42.3 Å². The Hall–Kier alpha value is -2.66. The SMILES string of the molecule is Cc1ccc(-n2ccnc(NCc3ccc(Cl)cc3)c2=O)cc1F. The van der Waals surface area contributed by atoms with Gasteiger partial charge in [-0.25, -0.2) is 9.37 Å². The zero-order valence-electron chi connectivity index (χ0n) is 13.0. The number of hydrogen-bond donors (Lipinski definition) is 1. The number of nitrogens with one attached hydrogen (secondary N) is 1. The highest BCUT2D eigenvalue weighted by Gasteiger charge is 2.08. The average molecular weight is 344 g/mol. The normalized spacial score (nSPS) is 10.6. The number of nitrogens with zero attached hydrogens (tertiary/aromatic N) is 2. The molecule has 0 aliphatic heterocycles. The number of halogens is 2. The van der Waals surface area contributed by atoms with E-state index in [4.69, 9.17) is 11.6 Å². The van der Waals surface area contributed by atoms with Gasteiger partial charge in [-0.2, -0.15) is 0 Å². The van der Waals surface area contributed by atoms with Gasteiger partial charge in [-0.1, -0.05) is 29.8 Å². The highest BCUT2D eigenvalue weighted by molar-refractivity contribution is 6.30. The van der Waals surface area contributed by atoms with Crippen LogP contribution >= 0.6 is 11.6 Å². The lowest BCUT2D eigenvalue weighted by atomic mass is 10.2. The molecule has 1 heterocycles. The zero-order chi connectivity index (χ0) is 17.1. The summed E-state index contributed by atoms with van der Waals surface area (Å²) in [6, 6.07) is 12.0. The maximum absolute atomic E-state index is 13.7. The van der Waals surface area contributed by atoms with Gasteiger partial charge in [-0.3, -0.25) is 9.36 Å².